The van der Waals surface area contributed by atoms with Crippen LogP contribution in [0.5, 0.6) is 0 Å². The van der Waals surface area contributed by atoms with Crippen molar-refractivity contribution in [3.05, 3.63) is 16.1 Å². The van der Waals surface area contributed by atoms with Crippen molar-refractivity contribution < 1.29 is 14.3 Å². The van der Waals surface area contributed by atoms with E-state index in [1.54, 1.807) is 5.38 Å². The van der Waals surface area contributed by atoms with Crippen LogP contribution in [0.15, 0.2) is 5.38 Å². The van der Waals surface area contributed by atoms with Gasteiger partial charge in [-0.1, -0.05) is 65.2 Å². The molecular formula is C21H36N2O3S. The lowest BCUT2D eigenvalue weighted by molar-refractivity contribution is -0.132. The molecule has 1 aromatic heterocycles. The van der Waals surface area contributed by atoms with Crippen LogP contribution < -0.4 is 0 Å². The molecule has 0 spiro atoms. The fourth-order valence-corrected chi connectivity index (χ4v) is 3.83. The molecule has 0 aliphatic heterocycles. The second kappa shape index (κ2) is 14.6. The number of methoxy groups -OCH3 is 1. The molecule has 1 amide bonds. The molecule has 0 unspecified atom stereocenters. The third kappa shape index (κ3) is 9.89. The maximum Gasteiger partial charge on any atom is 0.357 e. The largest absolute Gasteiger partial charge is 0.464 e. The van der Waals surface area contributed by atoms with Gasteiger partial charge in [-0.25, -0.2) is 9.78 Å². The number of hydrogen-bond acceptors (Lipinski definition) is 5. The highest BCUT2D eigenvalue weighted by Crippen LogP contribution is 2.16. The Balaban J connectivity index is 2.30. The smallest absolute Gasteiger partial charge is 0.357 e. The van der Waals surface area contributed by atoms with Crippen molar-refractivity contribution in [1.82, 2.24) is 9.88 Å². The summed E-state index contributed by atoms with van der Waals surface area (Å²) in [5, 5.41) is 2.47. The molecule has 0 atom stereocenters. The number of carbonyl (C=O) groups excluding carboxylic acids is 2. The summed E-state index contributed by atoms with van der Waals surface area (Å²) in [6.45, 7) is 5.51. The minimum absolute atomic E-state index is 0.189. The molecule has 0 N–H and O–H groups in total. The van der Waals surface area contributed by atoms with Gasteiger partial charge in [0.05, 0.1) is 13.7 Å². The van der Waals surface area contributed by atoms with E-state index in [2.05, 4.69) is 23.6 Å². The summed E-state index contributed by atoms with van der Waals surface area (Å²) >= 11 is 1.40. The van der Waals surface area contributed by atoms with Crippen molar-refractivity contribution in [2.24, 2.45) is 0 Å². The lowest BCUT2D eigenvalue weighted by Gasteiger charge is -2.21. The van der Waals surface area contributed by atoms with Gasteiger partial charge in [0.2, 0.25) is 5.91 Å². The maximum absolute atomic E-state index is 12.6. The Bertz CT molecular complexity index is 545. The van der Waals surface area contributed by atoms with Crippen LogP contribution in [-0.2, 0) is 16.1 Å². The van der Waals surface area contributed by atoms with Gasteiger partial charge in [0, 0.05) is 18.3 Å². The van der Waals surface area contributed by atoms with Gasteiger partial charge in [0.15, 0.2) is 5.69 Å². The molecule has 0 aromatic carbocycles. The average molecular weight is 397 g/mol. The molecule has 1 aromatic rings. The van der Waals surface area contributed by atoms with Crippen LogP contribution >= 0.6 is 11.3 Å². The minimum atomic E-state index is -0.430. The van der Waals surface area contributed by atoms with Gasteiger partial charge < -0.3 is 9.64 Å². The van der Waals surface area contributed by atoms with Gasteiger partial charge in [-0.3, -0.25) is 4.79 Å². The standard InChI is InChI=1S/C21H36N2O3S/c1-4-6-7-8-9-10-11-12-13-14-20(24)23(15-5-2)16-19-22-18(17-27-19)21(25)26-3/h17H,4-16H2,1-3H3. The zero-order valence-electron chi connectivity index (χ0n) is 17.3. The Kier molecular flexibility index (Phi) is 12.8. The van der Waals surface area contributed by atoms with Crippen LogP contribution in [0.4, 0.5) is 0 Å². The first-order valence-corrected chi connectivity index (χ1v) is 11.3. The zero-order chi connectivity index (χ0) is 19.9. The van der Waals surface area contributed by atoms with E-state index in [1.165, 1.54) is 63.4 Å². The summed E-state index contributed by atoms with van der Waals surface area (Å²) in [6, 6.07) is 0. The van der Waals surface area contributed by atoms with E-state index in [1.807, 2.05) is 4.90 Å². The van der Waals surface area contributed by atoms with Gasteiger partial charge >= 0.3 is 5.97 Å². The molecule has 0 aliphatic rings. The van der Waals surface area contributed by atoms with E-state index in [0.29, 0.717) is 18.7 Å². The Morgan fingerprint density at radius 3 is 2.22 bits per heavy atom. The average Bonchev–Trinajstić information content (AvgIpc) is 3.14. The minimum Gasteiger partial charge on any atom is -0.464 e. The van der Waals surface area contributed by atoms with E-state index in [-0.39, 0.29) is 5.91 Å². The third-order valence-corrected chi connectivity index (χ3v) is 5.45. The first-order chi connectivity index (χ1) is 13.1. The number of unbranched alkanes of at least 4 members (excludes halogenated alkanes) is 8. The fourth-order valence-electron chi connectivity index (χ4n) is 3.05. The number of thiazole rings is 1. The van der Waals surface area contributed by atoms with E-state index >= 15 is 0 Å². The third-order valence-electron chi connectivity index (χ3n) is 4.61. The molecule has 0 fully saturated rings. The Morgan fingerprint density at radius 2 is 1.63 bits per heavy atom. The molecule has 0 saturated carbocycles. The summed E-state index contributed by atoms with van der Waals surface area (Å²) in [5.74, 6) is -0.241. The number of ether oxygens (including phenoxy) is 1. The summed E-state index contributed by atoms with van der Waals surface area (Å²) in [4.78, 5) is 30.2. The molecule has 154 valence electrons. The number of rotatable bonds is 15. The summed E-state index contributed by atoms with van der Waals surface area (Å²) in [7, 11) is 1.35. The molecule has 6 heteroatoms. The lowest BCUT2D eigenvalue weighted by Crippen LogP contribution is -2.31. The summed E-state index contributed by atoms with van der Waals surface area (Å²) in [6.07, 6.45) is 12.8. The molecule has 1 heterocycles. The summed E-state index contributed by atoms with van der Waals surface area (Å²) in [5.41, 5.74) is 0.320. The van der Waals surface area contributed by atoms with Crippen molar-refractivity contribution in [3.63, 3.8) is 0 Å². The molecule has 0 aliphatic carbocycles. The predicted octanol–water partition coefficient (Wildman–Crippen LogP) is 5.59. The van der Waals surface area contributed by atoms with E-state index in [9.17, 15) is 9.59 Å². The second-order valence-electron chi connectivity index (χ2n) is 7.01. The Hall–Kier alpha value is -1.43. The van der Waals surface area contributed by atoms with Crippen molar-refractivity contribution in [2.45, 2.75) is 91.0 Å². The molecule has 0 radical (unpaired) electrons. The van der Waals surface area contributed by atoms with Crippen molar-refractivity contribution in [1.29, 1.82) is 0 Å². The number of nitrogens with zero attached hydrogens (tertiary/aromatic N) is 2. The monoisotopic (exact) mass is 396 g/mol. The van der Waals surface area contributed by atoms with Gasteiger partial charge in [-0.2, -0.15) is 0 Å². The first-order valence-electron chi connectivity index (χ1n) is 10.4. The van der Waals surface area contributed by atoms with E-state index < -0.39 is 5.97 Å². The highest BCUT2D eigenvalue weighted by molar-refractivity contribution is 7.09. The fraction of sp³-hybridized carbons (Fsp3) is 0.762. The molecule has 1 rings (SSSR count). The number of aromatic nitrogens is 1. The van der Waals surface area contributed by atoms with Crippen molar-refractivity contribution >= 4 is 23.2 Å². The predicted molar refractivity (Wildman–Crippen MR) is 111 cm³/mol. The van der Waals surface area contributed by atoms with Gasteiger partial charge in [0.1, 0.15) is 5.01 Å². The van der Waals surface area contributed by atoms with Gasteiger partial charge in [-0.05, 0) is 12.8 Å². The normalized spacial score (nSPS) is 10.8. The second-order valence-corrected chi connectivity index (χ2v) is 7.95. The highest BCUT2D eigenvalue weighted by Gasteiger charge is 2.16. The van der Waals surface area contributed by atoms with E-state index in [4.69, 9.17) is 0 Å². The zero-order valence-corrected chi connectivity index (χ0v) is 18.1. The Morgan fingerprint density at radius 1 is 1.00 bits per heavy atom. The van der Waals surface area contributed by atoms with Crippen LogP contribution in [0.1, 0.15) is 100.0 Å². The maximum atomic E-state index is 12.6. The quantitative estimate of drug-likeness (QED) is 0.286. The van der Waals surface area contributed by atoms with Crippen LogP contribution in [0.25, 0.3) is 0 Å². The molecule has 0 bridgehead atoms. The molecule has 27 heavy (non-hydrogen) atoms. The number of hydrogen-bond donors (Lipinski definition) is 0. The van der Waals surface area contributed by atoms with Crippen molar-refractivity contribution in [2.75, 3.05) is 13.7 Å². The molecule has 5 nitrogen and oxygen atoms in total. The topological polar surface area (TPSA) is 59.5 Å². The van der Waals surface area contributed by atoms with Crippen LogP contribution in [0, 0.1) is 0 Å². The number of amides is 1. The first kappa shape index (κ1) is 23.6. The SMILES string of the molecule is CCCCCCCCCCCC(=O)N(CCC)Cc1nc(C(=O)OC)cs1. The van der Waals surface area contributed by atoms with Crippen molar-refractivity contribution in [3.8, 4) is 0 Å². The number of esters is 1. The highest BCUT2D eigenvalue weighted by atomic mass is 32.1. The Labute approximate surface area is 168 Å². The van der Waals surface area contributed by atoms with Gasteiger partial charge in [0.25, 0.3) is 0 Å². The molecular weight excluding hydrogens is 360 g/mol. The molecule has 0 saturated heterocycles. The van der Waals surface area contributed by atoms with Gasteiger partial charge in [-0.15, -0.1) is 11.3 Å². The van der Waals surface area contributed by atoms with Crippen LogP contribution in [0.2, 0.25) is 0 Å². The van der Waals surface area contributed by atoms with Crippen LogP contribution in [0.3, 0.4) is 0 Å². The van der Waals surface area contributed by atoms with Crippen LogP contribution in [-0.4, -0.2) is 35.4 Å². The lowest BCUT2D eigenvalue weighted by atomic mass is 10.1. The summed E-state index contributed by atoms with van der Waals surface area (Å²) < 4.78 is 4.69. The van der Waals surface area contributed by atoms with E-state index in [0.717, 1.165) is 30.8 Å². The number of carbonyl (C=O) groups is 2.